The van der Waals surface area contributed by atoms with Crippen molar-refractivity contribution in [2.75, 3.05) is 33.4 Å². The van der Waals surface area contributed by atoms with Crippen molar-refractivity contribution < 1.29 is 28.6 Å². The summed E-state index contributed by atoms with van der Waals surface area (Å²) in [6, 6.07) is 5.20. The average molecular weight is 440 g/mol. The minimum absolute atomic E-state index is 0.351. The first-order valence-electron chi connectivity index (χ1n) is 8.73. The van der Waals surface area contributed by atoms with E-state index in [1.54, 1.807) is 36.9 Å². The zero-order valence-electron chi connectivity index (χ0n) is 15.5. The number of methoxy groups -OCH3 is 1. The van der Waals surface area contributed by atoms with E-state index in [4.69, 9.17) is 14.2 Å². The van der Waals surface area contributed by atoms with E-state index in [0.717, 1.165) is 4.47 Å². The van der Waals surface area contributed by atoms with E-state index < -0.39 is 29.2 Å². The molecule has 1 aromatic carbocycles. The Hall–Kier alpha value is -1.93. The number of amides is 1. The molecule has 0 N–H and O–H groups in total. The van der Waals surface area contributed by atoms with Gasteiger partial charge in [0.15, 0.2) is 0 Å². The van der Waals surface area contributed by atoms with Crippen molar-refractivity contribution in [1.82, 2.24) is 4.90 Å². The van der Waals surface area contributed by atoms with Gasteiger partial charge in [0.2, 0.25) is 5.91 Å². The van der Waals surface area contributed by atoms with Crippen LogP contribution in [0.2, 0.25) is 0 Å². The highest BCUT2D eigenvalue weighted by Gasteiger charge is 2.54. The third kappa shape index (κ3) is 3.60. The summed E-state index contributed by atoms with van der Waals surface area (Å²) < 4.78 is 16.5. The summed E-state index contributed by atoms with van der Waals surface area (Å²) in [5.41, 5.74) is -0.484. The Morgan fingerprint density at radius 2 is 1.93 bits per heavy atom. The number of hydrogen-bond acceptors (Lipinski definition) is 6. The number of hydrogen-bond donors (Lipinski definition) is 0. The van der Waals surface area contributed by atoms with Gasteiger partial charge >= 0.3 is 11.9 Å². The van der Waals surface area contributed by atoms with Crippen LogP contribution in [0.15, 0.2) is 22.7 Å². The molecule has 2 atom stereocenters. The van der Waals surface area contributed by atoms with Crippen LogP contribution >= 0.6 is 15.9 Å². The second kappa shape index (κ2) is 7.59. The summed E-state index contributed by atoms with van der Waals surface area (Å²) in [6.07, 6.45) is 0. The number of rotatable bonds is 3. The van der Waals surface area contributed by atoms with Gasteiger partial charge in [0, 0.05) is 29.0 Å². The predicted molar refractivity (Wildman–Crippen MR) is 99.2 cm³/mol. The fourth-order valence-electron chi connectivity index (χ4n) is 3.76. The van der Waals surface area contributed by atoms with Crippen LogP contribution in [0.3, 0.4) is 0 Å². The van der Waals surface area contributed by atoms with E-state index in [9.17, 15) is 14.4 Å². The lowest BCUT2D eigenvalue weighted by Crippen LogP contribution is -2.52. The maximum Gasteiger partial charge on any atom is 0.324 e. The van der Waals surface area contributed by atoms with Crippen LogP contribution < -0.4 is 4.74 Å². The number of ether oxygens (including phenoxy) is 3. The standard InChI is InChI=1S/C19H22BrNO6/c1-19(2,18(24)25-3)15-12-10-11(20)4-5-13(12)27-17(23)14(15)16(22)21-6-8-26-9-7-21/h4-5,10,14-15H,6-9H2,1-3H3/t14-,15-/m1/s1. The molecular formula is C19H22BrNO6. The first kappa shape index (κ1) is 19.8. The molecule has 7 nitrogen and oxygen atoms in total. The molecule has 3 rings (SSSR count). The first-order valence-corrected chi connectivity index (χ1v) is 9.52. The van der Waals surface area contributed by atoms with Gasteiger partial charge in [-0.1, -0.05) is 15.9 Å². The molecule has 0 bridgehead atoms. The van der Waals surface area contributed by atoms with Crippen LogP contribution in [0, 0.1) is 11.3 Å². The molecule has 0 aromatic heterocycles. The summed E-state index contributed by atoms with van der Waals surface area (Å²) in [4.78, 5) is 40.2. The van der Waals surface area contributed by atoms with Crippen molar-refractivity contribution in [2.45, 2.75) is 19.8 Å². The second-order valence-corrected chi connectivity index (χ2v) is 8.13. The topological polar surface area (TPSA) is 82.1 Å². The van der Waals surface area contributed by atoms with Crippen molar-refractivity contribution in [2.24, 2.45) is 11.3 Å². The third-order valence-electron chi connectivity index (χ3n) is 5.18. The maximum absolute atomic E-state index is 13.2. The van der Waals surface area contributed by atoms with Gasteiger partial charge in [-0.15, -0.1) is 0 Å². The van der Waals surface area contributed by atoms with E-state index >= 15 is 0 Å². The molecule has 0 saturated carbocycles. The molecule has 2 heterocycles. The van der Waals surface area contributed by atoms with Crippen molar-refractivity contribution in [3.63, 3.8) is 0 Å². The summed E-state index contributed by atoms with van der Waals surface area (Å²) in [5.74, 6) is -2.98. The Bertz CT molecular complexity index is 771. The lowest BCUT2D eigenvalue weighted by atomic mass is 9.66. The number of esters is 2. The predicted octanol–water partition coefficient (Wildman–Crippen LogP) is 2.13. The van der Waals surface area contributed by atoms with Crippen LogP contribution in [-0.2, 0) is 23.9 Å². The van der Waals surface area contributed by atoms with Gasteiger partial charge in [0.05, 0.1) is 25.7 Å². The monoisotopic (exact) mass is 439 g/mol. The number of carbonyl (C=O) groups excluding carboxylic acids is 3. The highest BCUT2D eigenvalue weighted by atomic mass is 79.9. The molecule has 0 aliphatic carbocycles. The van der Waals surface area contributed by atoms with Crippen LogP contribution in [-0.4, -0.2) is 56.2 Å². The van der Waals surface area contributed by atoms with Crippen molar-refractivity contribution >= 4 is 33.8 Å². The van der Waals surface area contributed by atoms with Gasteiger partial charge in [-0.05, 0) is 32.0 Å². The molecule has 0 radical (unpaired) electrons. The maximum atomic E-state index is 13.2. The zero-order valence-corrected chi connectivity index (χ0v) is 17.1. The smallest absolute Gasteiger partial charge is 0.324 e. The Kier molecular flexibility index (Phi) is 5.58. The van der Waals surface area contributed by atoms with Gasteiger partial charge in [-0.3, -0.25) is 14.4 Å². The van der Waals surface area contributed by atoms with Crippen molar-refractivity contribution in [1.29, 1.82) is 0 Å². The molecule has 1 saturated heterocycles. The van der Waals surface area contributed by atoms with Crippen LogP contribution in [0.4, 0.5) is 0 Å². The largest absolute Gasteiger partial charge is 0.469 e. The van der Waals surface area contributed by atoms with Crippen molar-refractivity contribution in [3.05, 3.63) is 28.2 Å². The molecule has 1 amide bonds. The molecule has 0 unspecified atom stereocenters. The molecule has 1 aromatic rings. The summed E-state index contributed by atoms with van der Waals surface area (Å²) in [5, 5.41) is 0. The highest BCUT2D eigenvalue weighted by Crippen LogP contribution is 2.49. The summed E-state index contributed by atoms with van der Waals surface area (Å²) in [6.45, 7) is 5.01. The lowest BCUT2D eigenvalue weighted by molar-refractivity contribution is -0.161. The van der Waals surface area contributed by atoms with Gasteiger partial charge in [0.1, 0.15) is 11.7 Å². The van der Waals surface area contributed by atoms with Gasteiger partial charge in [-0.2, -0.15) is 0 Å². The SMILES string of the molecule is COC(=O)C(C)(C)[C@@H]1c2cc(Br)ccc2OC(=O)[C@H]1C(=O)N1CCOCC1. The molecule has 1 fully saturated rings. The van der Waals surface area contributed by atoms with Gasteiger partial charge in [-0.25, -0.2) is 0 Å². The van der Waals surface area contributed by atoms with Crippen molar-refractivity contribution in [3.8, 4) is 5.75 Å². The molecule has 146 valence electrons. The lowest BCUT2D eigenvalue weighted by Gasteiger charge is -2.41. The van der Waals surface area contributed by atoms with Crippen LogP contribution in [0.1, 0.15) is 25.3 Å². The Morgan fingerprint density at radius 1 is 1.26 bits per heavy atom. The van der Waals surface area contributed by atoms with E-state index in [1.165, 1.54) is 7.11 Å². The van der Waals surface area contributed by atoms with E-state index in [1.807, 2.05) is 0 Å². The zero-order chi connectivity index (χ0) is 19.8. The normalized spacial score (nSPS) is 22.7. The van der Waals surface area contributed by atoms with E-state index in [2.05, 4.69) is 15.9 Å². The minimum Gasteiger partial charge on any atom is -0.469 e. The number of fused-ring (bicyclic) bond motifs is 1. The molecule has 0 spiro atoms. The number of halogens is 1. The highest BCUT2D eigenvalue weighted by molar-refractivity contribution is 9.10. The quantitative estimate of drug-likeness (QED) is 0.407. The van der Waals surface area contributed by atoms with Crippen LogP contribution in [0.25, 0.3) is 0 Å². The number of benzene rings is 1. The Balaban J connectivity index is 2.10. The average Bonchev–Trinajstić information content (AvgIpc) is 2.66. The fraction of sp³-hybridized carbons (Fsp3) is 0.526. The first-order chi connectivity index (χ1) is 12.8. The summed E-state index contributed by atoms with van der Waals surface area (Å²) >= 11 is 3.42. The van der Waals surface area contributed by atoms with E-state index in [0.29, 0.717) is 37.6 Å². The van der Waals surface area contributed by atoms with Gasteiger partial charge < -0.3 is 19.1 Å². The molecular weight excluding hydrogens is 418 g/mol. The molecule has 8 heteroatoms. The second-order valence-electron chi connectivity index (χ2n) is 7.21. The number of nitrogens with zero attached hydrogens (tertiary/aromatic N) is 1. The number of carbonyl (C=O) groups is 3. The minimum atomic E-state index is -1.13. The molecule has 27 heavy (non-hydrogen) atoms. The Morgan fingerprint density at radius 3 is 2.56 bits per heavy atom. The summed E-state index contributed by atoms with van der Waals surface area (Å²) in [7, 11) is 1.30. The number of morpholine rings is 1. The molecule has 2 aliphatic heterocycles. The third-order valence-corrected chi connectivity index (χ3v) is 5.68. The van der Waals surface area contributed by atoms with Gasteiger partial charge in [0.25, 0.3) is 0 Å². The fourth-order valence-corrected chi connectivity index (χ4v) is 4.14. The molecule has 2 aliphatic rings. The van der Waals surface area contributed by atoms with E-state index in [-0.39, 0.29) is 5.91 Å². The Labute approximate surface area is 166 Å². The van der Waals surface area contributed by atoms with Crippen LogP contribution in [0.5, 0.6) is 5.75 Å².